The Morgan fingerprint density at radius 2 is 1.82 bits per heavy atom. The molecule has 1 amide bonds. The van der Waals surface area contributed by atoms with Crippen LogP contribution in [0.1, 0.15) is 5.76 Å². The Labute approximate surface area is 166 Å². The van der Waals surface area contributed by atoms with Gasteiger partial charge in [-0.1, -0.05) is 30.0 Å². The number of amides is 1. The minimum atomic E-state index is -0.0245. The smallest absolute Gasteiger partial charge is 0.233 e. The molecule has 0 aliphatic rings. The van der Waals surface area contributed by atoms with Gasteiger partial charge in [0, 0.05) is 12.7 Å². The molecule has 0 saturated heterocycles. The largest absolute Gasteiger partial charge is 0.467 e. The maximum atomic E-state index is 12.5. The molecule has 3 heterocycles. The SMILES string of the molecule is CN(Cc1ccco1)C(=O)CSc1nnc(-c2ccco2)n1-c1ccccc1. The van der Waals surface area contributed by atoms with E-state index in [-0.39, 0.29) is 11.7 Å². The standard InChI is InChI=1S/C20H18N4O3S/c1-23(13-16-9-5-11-26-16)18(25)14-28-20-22-21-19(17-10-6-12-27-17)24(20)15-7-3-2-4-8-15/h2-12H,13-14H2,1H3. The van der Waals surface area contributed by atoms with Crippen LogP contribution in [-0.4, -0.2) is 38.4 Å². The van der Waals surface area contributed by atoms with E-state index in [0.717, 1.165) is 11.4 Å². The Kier molecular flexibility index (Phi) is 5.29. The molecule has 0 saturated carbocycles. The predicted octanol–water partition coefficient (Wildman–Crippen LogP) is 3.87. The number of rotatable bonds is 7. The Hall–Kier alpha value is -3.26. The van der Waals surface area contributed by atoms with Gasteiger partial charge in [-0.05, 0) is 36.4 Å². The molecule has 142 valence electrons. The summed E-state index contributed by atoms with van der Waals surface area (Å²) < 4.78 is 12.7. The minimum absolute atomic E-state index is 0.0245. The lowest BCUT2D eigenvalue weighted by atomic mass is 10.3. The third-order valence-corrected chi connectivity index (χ3v) is 5.03. The number of hydrogen-bond donors (Lipinski definition) is 0. The summed E-state index contributed by atoms with van der Waals surface area (Å²) in [6.07, 6.45) is 3.19. The summed E-state index contributed by atoms with van der Waals surface area (Å²) in [5.74, 6) is 2.16. The molecule has 3 aromatic heterocycles. The van der Waals surface area contributed by atoms with E-state index in [1.165, 1.54) is 11.8 Å². The fourth-order valence-electron chi connectivity index (χ4n) is 2.70. The van der Waals surface area contributed by atoms with Crippen LogP contribution in [0.4, 0.5) is 0 Å². The number of hydrogen-bond acceptors (Lipinski definition) is 6. The zero-order valence-corrected chi connectivity index (χ0v) is 16.0. The second-order valence-corrected chi connectivity index (χ2v) is 7.01. The van der Waals surface area contributed by atoms with Crippen LogP contribution in [0.3, 0.4) is 0 Å². The second-order valence-electron chi connectivity index (χ2n) is 6.07. The quantitative estimate of drug-likeness (QED) is 0.443. The molecular weight excluding hydrogens is 376 g/mol. The van der Waals surface area contributed by atoms with Gasteiger partial charge in [0.15, 0.2) is 10.9 Å². The molecule has 0 bridgehead atoms. The fourth-order valence-corrected chi connectivity index (χ4v) is 3.59. The van der Waals surface area contributed by atoms with Gasteiger partial charge in [0.25, 0.3) is 0 Å². The Balaban J connectivity index is 1.54. The van der Waals surface area contributed by atoms with E-state index in [9.17, 15) is 4.79 Å². The van der Waals surface area contributed by atoms with Crippen molar-refractivity contribution >= 4 is 17.7 Å². The molecule has 1 aromatic carbocycles. The molecule has 0 atom stereocenters. The van der Waals surface area contributed by atoms with Crippen molar-refractivity contribution in [3.8, 4) is 17.3 Å². The highest BCUT2D eigenvalue weighted by molar-refractivity contribution is 7.99. The first-order valence-electron chi connectivity index (χ1n) is 8.66. The number of thioether (sulfide) groups is 1. The number of benzene rings is 1. The van der Waals surface area contributed by atoms with E-state index in [1.807, 2.05) is 47.0 Å². The van der Waals surface area contributed by atoms with Crippen LogP contribution in [0.5, 0.6) is 0 Å². The van der Waals surface area contributed by atoms with Crippen molar-refractivity contribution in [2.24, 2.45) is 0 Å². The summed E-state index contributed by atoms with van der Waals surface area (Å²) in [4.78, 5) is 14.1. The lowest BCUT2D eigenvalue weighted by molar-refractivity contribution is -0.127. The fraction of sp³-hybridized carbons (Fsp3) is 0.150. The van der Waals surface area contributed by atoms with Crippen molar-refractivity contribution in [2.45, 2.75) is 11.7 Å². The van der Waals surface area contributed by atoms with Gasteiger partial charge in [0.2, 0.25) is 11.7 Å². The first-order valence-corrected chi connectivity index (χ1v) is 9.65. The van der Waals surface area contributed by atoms with Crippen molar-refractivity contribution in [1.82, 2.24) is 19.7 Å². The predicted molar refractivity (Wildman–Crippen MR) is 105 cm³/mol. The van der Waals surface area contributed by atoms with E-state index in [0.29, 0.717) is 23.3 Å². The first kappa shape index (κ1) is 18.1. The van der Waals surface area contributed by atoms with Crippen LogP contribution in [0.25, 0.3) is 17.3 Å². The van der Waals surface area contributed by atoms with Crippen molar-refractivity contribution in [2.75, 3.05) is 12.8 Å². The van der Waals surface area contributed by atoms with Gasteiger partial charge in [0.05, 0.1) is 24.8 Å². The molecule has 7 nitrogen and oxygen atoms in total. The second kappa shape index (κ2) is 8.18. The van der Waals surface area contributed by atoms with Gasteiger partial charge in [-0.3, -0.25) is 9.36 Å². The Morgan fingerprint density at radius 1 is 1.04 bits per heavy atom. The molecule has 0 fully saturated rings. The third kappa shape index (κ3) is 3.86. The molecule has 0 aliphatic carbocycles. The summed E-state index contributed by atoms with van der Waals surface area (Å²) >= 11 is 1.33. The highest BCUT2D eigenvalue weighted by atomic mass is 32.2. The first-order chi connectivity index (χ1) is 13.7. The van der Waals surface area contributed by atoms with Crippen molar-refractivity contribution < 1.29 is 13.6 Å². The van der Waals surface area contributed by atoms with E-state index in [1.54, 1.807) is 36.6 Å². The number of nitrogens with zero attached hydrogens (tertiary/aromatic N) is 4. The van der Waals surface area contributed by atoms with Gasteiger partial charge in [-0.2, -0.15) is 0 Å². The lowest BCUT2D eigenvalue weighted by Crippen LogP contribution is -2.27. The van der Waals surface area contributed by atoms with E-state index < -0.39 is 0 Å². The number of aromatic nitrogens is 3. The molecular formula is C20H18N4O3S. The van der Waals surface area contributed by atoms with E-state index in [2.05, 4.69) is 10.2 Å². The summed E-state index contributed by atoms with van der Waals surface area (Å²) in [5, 5.41) is 9.18. The molecule has 0 aliphatic heterocycles. The summed E-state index contributed by atoms with van der Waals surface area (Å²) in [6, 6.07) is 17.0. The summed E-state index contributed by atoms with van der Waals surface area (Å²) in [6.45, 7) is 0.426. The average Bonchev–Trinajstić information content (AvgIpc) is 3.47. The normalized spacial score (nSPS) is 10.9. The van der Waals surface area contributed by atoms with Crippen LogP contribution in [0.15, 0.2) is 81.1 Å². The zero-order valence-electron chi connectivity index (χ0n) is 15.2. The Morgan fingerprint density at radius 3 is 2.54 bits per heavy atom. The summed E-state index contributed by atoms with van der Waals surface area (Å²) in [7, 11) is 1.75. The molecule has 8 heteroatoms. The highest BCUT2D eigenvalue weighted by Crippen LogP contribution is 2.28. The van der Waals surface area contributed by atoms with Gasteiger partial charge in [-0.15, -0.1) is 10.2 Å². The Bertz CT molecular complexity index is 1030. The monoisotopic (exact) mass is 394 g/mol. The average molecular weight is 394 g/mol. The molecule has 0 N–H and O–H groups in total. The van der Waals surface area contributed by atoms with Crippen LogP contribution in [0, 0.1) is 0 Å². The number of para-hydroxylation sites is 1. The lowest BCUT2D eigenvalue weighted by Gasteiger charge is -2.15. The maximum Gasteiger partial charge on any atom is 0.233 e. The molecule has 0 spiro atoms. The van der Waals surface area contributed by atoms with Gasteiger partial charge < -0.3 is 13.7 Å². The van der Waals surface area contributed by atoms with Crippen LogP contribution >= 0.6 is 11.8 Å². The zero-order chi connectivity index (χ0) is 19.3. The summed E-state index contributed by atoms with van der Waals surface area (Å²) in [5.41, 5.74) is 0.901. The number of furan rings is 2. The van der Waals surface area contributed by atoms with E-state index in [4.69, 9.17) is 8.83 Å². The van der Waals surface area contributed by atoms with Crippen LogP contribution in [0.2, 0.25) is 0 Å². The maximum absolute atomic E-state index is 12.5. The molecule has 28 heavy (non-hydrogen) atoms. The minimum Gasteiger partial charge on any atom is -0.467 e. The van der Waals surface area contributed by atoms with Crippen molar-refractivity contribution in [3.05, 3.63) is 72.9 Å². The van der Waals surface area contributed by atoms with Gasteiger partial charge >= 0.3 is 0 Å². The number of carbonyl (C=O) groups is 1. The molecule has 4 aromatic rings. The van der Waals surface area contributed by atoms with E-state index >= 15 is 0 Å². The molecule has 0 radical (unpaired) electrons. The van der Waals surface area contributed by atoms with Crippen molar-refractivity contribution in [3.63, 3.8) is 0 Å². The van der Waals surface area contributed by atoms with Gasteiger partial charge in [0.1, 0.15) is 5.76 Å². The third-order valence-electron chi connectivity index (χ3n) is 4.11. The van der Waals surface area contributed by atoms with Crippen molar-refractivity contribution in [1.29, 1.82) is 0 Å². The van der Waals surface area contributed by atoms with Gasteiger partial charge in [-0.25, -0.2) is 0 Å². The molecule has 4 rings (SSSR count). The van der Waals surface area contributed by atoms with Crippen LogP contribution < -0.4 is 0 Å². The highest BCUT2D eigenvalue weighted by Gasteiger charge is 2.20. The van der Waals surface area contributed by atoms with Crippen LogP contribution in [-0.2, 0) is 11.3 Å². The number of carbonyl (C=O) groups excluding carboxylic acids is 1. The topological polar surface area (TPSA) is 77.3 Å². The molecule has 0 unspecified atom stereocenters.